The van der Waals surface area contributed by atoms with E-state index in [0.29, 0.717) is 0 Å². The fourth-order valence-electron chi connectivity index (χ4n) is 7.85. The molecule has 250 valence electrons. The van der Waals surface area contributed by atoms with E-state index in [1.165, 1.54) is 71.7 Å². The number of benzene rings is 3. The van der Waals surface area contributed by atoms with Gasteiger partial charge in [0.05, 0.1) is 5.41 Å². The maximum atomic E-state index is 2.44. The molecule has 1 aliphatic carbocycles. The summed E-state index contributed by atoms with van der Waals surface area (Å²) in [5, 5.41) is 0. The van der Waals surface area contributed by atoms with Crippen molar-refractivity contribution < 1.29 is 4.58 Å². The van der Waals surface area contributed by atoms with Crippen molar-refractivity contribution >= 4 is 34.5 Å². The van der Waals surface area contributed by atoms with E-state index in [1.54, 1.807) is 0 Å². The van der Waals surface area contributed by atoms with Gasteiger partial charge in [-0.3, -0.25) is 0 Å². The minimum Gasteiger partial charge on any atom is -0.378 e. The van der Waals surface area contributed by atoms with Crippen LogP contribution in [0.3, 0.4) is 0 Å². The van der Waals surface area contributed by atoms with Crippen LogP contribution in [-0.4, -0.2) is 38.5 Å². The Morgan fingerprint density at radius 3 is 2.15 bits per heavy atom. The van der Waals surface area contributed by atoms with Crippen LogP contribution >= 0.6 is 11.8 Å². The van der Waals surface area contributed by atoms with Gasteiger partial charge >= 0.3 is 0 Å². The number of anilines is 2. The Balaban J connectivity index is 1.41. The molecule has 0 bridgehead atoms. The Morgan fingerprint density at radius 1 is 0.812 bits per heavy atom. The van der Waals surface area contributed by atoms with Crippen molar-refractivity contribution in [2.75, 3.05) is 38.0 Å². The highest BCUT2D eigenvalue weighted by Gasteiger charge is 2.43. The number of rotatable bonds is 8. The molecule has 2 heterocycles. The number of fused-ring (bicyclic) bond motifs is 2. The molecule has 4 heteroatoms. The summed E-state index contributed by atoms with van der Waals surface area (Å²) in [4.78, 5) is 7.26. The molecule has 0 N–H and O–H groups in total. The zero-order valence-electron chi connectivity index (χ0n) is 30.9. The van der Waals surface area contributed by atoms with Crippen LogP contribution in [-0.2, 0) is 23.7 Å². The number of allylic oxidation sites excluding steroid dienone is 7. The molecule has 2 aliphatic heterocycles. The zero-order chi connectivity index (χ0) is 34.4. The average Bonchev–Trinajstić information content (AvgIpc) is 3.39. The van der Waals surface area contributed by atoms with Crippen molar-refractivity contribution in [3.63, 3.8) is 0 Å². The van der Waals surface area contributed by atoms with Gasteiger partial charge in [0.15, 0.2) is 5.71 Å². The zero-order valence-corrected chi connectivity index (χ0v) is 31.7. The molecule has 0 radical (unpaired) electrons. The lowest BCUT2D eigenvalue weighted by Gasteiger charge is -2.25. The molecule has 6 rings (SSSR count). The number of hydrogen-bond acceptors (Lipinski definition) is 3. The molecule has 0 amide bonds. The molecule has 0 spiro atoms. The normalized spacial score (nSPS) is 20.0. The Kier molecular flexibility index (Phi) is 9.43. The second-order valence-electron chi connectivity index (χ2n) is 14.9. The van der Waals surface area contributed by atoms with Crippen LogP contribution in [0.2, 0.25) is 0 Å². The van der Waals surface area contributed by atoms with Crippen LogP contribution in [0.1, 0.15) is 83.1 Å². The molecule has 48 heavy (non-hydrogen) atoms. The summed E-state index contributed by atoms with van der Waals surface area (Å²) in [5.74, 6) is 0. The third-order valence-electron chi connectivity index (χ3n) is 10.9. The van der Waals surface area contributed by atoms with E-state index in [-0.39, 0.29) is 10.8 Å². The van der Waals surface area contributed by atoms with Gasteiger partial charge in [-0.05, 0) is 116 Å². The Hall–Kier alpha value is -3.76. The molecule has 0 aromatic heterocycles. The van der Waals surface area contributed by atoms with Crippen LogP contribution in [0, 0.1) is 0 Å². The van der Waals surface area contributed by atoms with Crippen LogP contribution in [0.15, 0.2) is 112 Å². The van der Waals surface area contributed by atoms with Crippen LogP contribution < -0.4 is 9.80 Å². The third kappa shape index (κ3) is 6.13. The second-order valence-corrected chi connectivity index (χ2v) is 16.0. The van der Waals surface area contributed by atoms with E-state index in [2.05, 4.69) is 169 Å². The molecule has 0 unspecified atom stereocenters. The lowest BCUT2D eigenvalue weighted by Crippen LogP contribution is -2.26. The first-order valence-corrected chi connectivity index (χ1v) is 18.6. The summed E-state index contributed by atoms with van der Waals surface area (Å²) >= 11 is 1.93. The molecular formula is C44H54N3S+. The van der Waals surface area contributed by atoms with Crippen molar-refractivity contribution in [1.29, 1.82) is 0 Å². The fraction of sp³-hybridized carbons (Fsp3) is 0.386. The fourth-order valence-corrected chi connectivity index (χ4v) is 8.96. The van der Waals surface area contributed by atoms with Gasteiger partial charge in [0, 0.05) is 71.1 Å². The number of nitrogens with zero attached hydrogens (tertiary/aromatic N) is 3. The maximum absolute atomic E-state index is 2.44. The minimum absolute atomic E-state index is 0.0509. The van der Waals surface area contributed by atoms with E-state index in [0.717, 1.165) is 32.1 Å². The molecule has 3 nitrogen and oxygen atoms in total. The number of hydrogen-bond donors (Lipinski definition) is 0. The molecule has 3 aromatic rings. The van der Waals surface area contributed by atoms with E-state index in [4.69, 9.17) is 0 Å². The van der Waals surface area contributed by atoms with Crippen LogP contribution in [0.5, 0.6) is 0 Å². The van der Waals surface area contributed by atoms with Crippen molar-refractivity contribution in [2.24, 2.45) is 0 Å². The highest BCUT2D eigenvalue weighted by atomic mass is 32.2. The average molecular weight is 657 g/mol. The molecule has 0 saturated heterocycles. The first kappa shape index (κ1) is 34.1. The monoisotopic (exact) mass is 656 g/mol. The van der Waals surface area contributed by atoms with Crippen molar-refractivity contribution in [3.8, 4) is 0 Å². The van der Waals surface area contributed by atoms with E-state index >= 15 is 0 Å². The summed E-state index contributed by atoms with van der Waals surface area (Å²) in [7, 11) is 8.67. The Morgan fingerprint density at radius 2 is 1.48 bits per heavy atom. The van der Waals surface area contributed by atoms with Crippen LogP contribution in [0.25, 0.3) is 0 Å². The predicted octanol–water partition coefficient (Wildman–Crippen LogP) is 10.9. The van der Waals surface area contributed by atoms with Gasteiger partial charge in [0.1, 0.15) is 7.05 Å². The largest absolute Gasteiger partial charge is 0.378 e. The van der Waals surface area contributed by atoms with Crippen molar-refractivity contribution in [1.82, 2.24) is 0 Å². The van der Waals surface area contributed by atoms with E-state index in [1.807, 2.05) is 11.8 Å². The number of thioether (sulfide) groups is 1. The standard InChI is InChI=1S/C44H54N3S/c1-11-30-16-24-38-36(28-30)43(3,4)40(46(38)9)26-18-32-14-13-15-33(42(32)48-35-22-20-34(21-23-35)45(7)8)19-27-41-44(5,6)37-29-31(12-2)17-25-39(37)47(41)10/h16-29H,11-15H2,1-10H3/q+1. The van der Waals surface area contributed by atoms with Gasteiger partial charge in [-0.25, -0.2) is 0 Å². The SMILES string of the molecule is CCc1ccc2c(c1)C(C)(C)C(=CC=C1CCCC(C=CC3=[N+](C)c4ccc(CC)cc4C3(C)C)=C1Sc1ccc(N(C)C)cc1)N2C. The van der Waals surface area contributed by atoms with Crippen molar-refractivity contribution in [3.05, 3.63) is 129 Å². The minimum atomic E-state index is -0.0509. The molecule has 3 aliphatic rings. The maximum Gasteiger partial charge on any atom is 0.209 e. The van der Waals surface area contributed by atoms with Gasteiger partial charge in [-0.15, -0.1) is 0 Å². The van der Waals surface area contributed by atoms with Gasteiger partial charge < -0.3 is 9.80 Å². The van der Waals surface area contributed by atoms with Crippen molar-refractivity contribution in [2.45, 2.75) is 89.4 Å². The number of aryl methyl sites for hydroxylation is 2. The summed E-state index contributed by atoms with van der Waals surface area (Å²) < 4.78 is 2.41. The van der Waals surface area contributed by atoms with Gasteiger partial charge in [-0.1, -0.05) is 69.8 Å². The molecule has 3 aromatic carbocycles. The Labute approximate surface area is 294 Å². The summed E-state index contributed by atoms with van der Waals surface area (Å²) in [6, 6.07) is 23.1. The molecular weight excluding hydrogens is 603 g/mol. The first-order valence-electron chi connectivity index (χ1n) is 17.8. The van der Waals surface area contributed by atoms with Gasteiger partial charge in [0.25, 0.3) is 0 Å². The predicted molar refractivity (Wildman–Crippen MR) is 210 cm³/mol. The third-order valence-corrected chi connectivity index (χ3v) is 12.2. The second kappa shape index (κ2) is 13.3. The summed E-state index contributed by atoms with van der Waals surface area (Å²) in [6.45, 7) is 14.0. The first-order chi connectivity index (χ1) is 22.9. The molecule has 0 atom stereocenters. The van der Waals surface area contributed by atoms with Crippen LogP contribution in [0.4, 0.5) is 17.1 Å². The Bertz CT molecular complexity index is 1880. The molecule has 0 fully saturated rings. The highest BCUT2D eigenvalue weighted by Crippen LogP contribution is 2.48. The van der Waals surface area contributed by atoms with E-state index < -0.39 is 0 Å². The highest BCUT2D eigenvalue weighted by molar-refractivity contribution is 8.03. The van der Waals surface area contributed by atoms with Gasteiger partial charge in [0.2, 0.25) is 5.69 Å². The van der Waals surface area contributed by atoms with Gasteiger partial charge in [-0.2, -0.15) is 4.58 Å². The topological polar surface area (TPSA) is 9.49 Å². The smallest absolute Gasteiger partial charge is 0.209 e. The van der Waals surface area contributed by atoms with E-state index in [9.17, 15) is 0 Å². The summed E-state index contributed by atoms with van der Waals surface area (Å²) in [5.41, 5.74) is 15.0. The lowest BCUT2D eigenvalue weighted by molar-refractivity contribution is -0.401. The molecule has 0 saturated carbocycles. The number of likely N-dealkylation sites (N-methyl/N-ethyl adjacent to an activating group) is 1. The summed E-state index contributed by atoms with van der Waals surface area (Å²) in [6.07, 6.45) is 15.1. The lowest BCUT2D eigenvalue weighted by atomic mass is 9.80. The quantitative estimate of drug-likeness (QED) is 0.223.